The van der Waals surface area contributed by atoms with Crippen molar-refractivity contribution >= 4 is 11.8 Å². The lowest BCUT2D eigenvalue weighted by molar-refractivity contribution is -0.121. The van der Waals surface area contributed by atoms with Gasteiger partial charge in [-0.05, 0) is 37.1 Å². The Morgan fingerprint density at radius 2 is 2.04 bits per heavy atom. The fourth-order valence-electron chi connectivity index (χ4n) is 1.85. The van der Waals surface area contributed by atoms with Crippen molar-refractivity contribution in [2.24, 2.45) is 5.73 Å². The van der Waals surface area contributed by atoms with Crippen molar-refractivity contribution in [3.8, 4) is 5.75 Å². The van der Waals surface area contributed by atoms with Crippen LogP contribution in [-0.4, -0.2) is 23.6 Å². The largest absolute Gasteiger partial charge is 0.493 e. The summed E-state index contributed by atoms with van der Waals surface area (Å²) in [5.41, 5.74) is 7.43. The summed E-state index contributed by atoms with van der Waals surface area (Å²) in [6, 6.07) is 7.19. The summed E-state index contributed by atoms with van der Waals surface area (Å²) < 4.78 is 10.4. The van der Waals surface area contributed by atoms with Crippen LogP contribution in [-0.2, 0) is 11.3 Å². The van der Waals surface area contributed by atoms with E-state index >= 15 is 0 Å². The maximum Gasteiger partial charge on any atom is 0.270 e. The van der Waals surface area contributed by atoms with E-state index in [1.54, 1.807) is 0 Å². The highest BCUT2D eigenvalue weighted by Crippen LogP contribution is 2.16. The molecule has 0 saturated heterocycles. The summed E-state index contributed by atoms with van der Waals surface area (Å²) in [4.78, 5) is 22.6. The number of hydrogen-bond donors (Lipinski definition) is 2. The fraction of sp³-hybridized carbons (Fsp3) is 0.312. The summed E-state index contributed by atoms with van der Waals surface area (Å²) in [7, 11) is 0. The Labute approximate surface area is 133 Å². The first-order valence-corrected chi connectivity index (χ1v) is 7.18. The van der Waals surface area contributed by atoms with Crippen molar-refractivity contribution in [1.82, 2.24) is 10.5 Å². The van der Waals surface area contributed by atoms with Crippen molar-refractivity contribution in [1.29, 1.82) is 0 Å². The monoisotopic (exact) mass is 317 g/mol. The number of ether oxygens (including phenoxy) is 1. The zero-order chi connectivity index (χ0) is 16.8. The number of carbonyl (C=O) groups is 2. The van der Waals surface area contributed by atoms with E-state index in [2.05, 4.69) is 10.5 Å². The van der Waals surface area contributed by atoms with Crippen molar-refractivity contribution in [2.75, 3.05) is 6.61 Å². The number of primary amides is 1. The second-order valence-electron chi connectivity index (χ2n) is 5.16. The lowest BCUT2D eigenvalue weighted by Gasteiger charge is -2.08. The normalized spacial score (nSPS) is 10.3. The molecule has 7 heteroatoms. The fourth-order valence-corrected chi connectivity index (χ4v) is 1.85. The van der Waals surface area contributed by atoms with Gasteiger partial charge in [0.25, 0.3) is 5.91 Å². The number of benzene rings is 1. The van der Waals surface area contributed by atoms with E-state index in [-0.39, 0.29) is 31.2 Å². The predicted octanol–water partition coefficient (Wildman–Crippen LogP) is 1.48. The molecule has 1 aromatic carbocycles. The molecule has 0 bridgehead atoms. The van der Waals surface area contributed by atoms with Gasteiger partial charge in [0.1, 0.15) is 5.75 Å². The molecule has 0 saturated carbocycles. The molecule has 0 spiro atoms. The van der Waals surface area contributed by atoms with Gasteiger partial charge in [0.15, 0.2) is 11.5 Å². The van der Waals surface area contributed by atoms with Crippen molar-refractivity contribution in [3.05, 3.63) is 46.8 Å². The number of hydrogen-bond acceptors (Lipinski definition) is 5. The molecule has 1 aromatic heterocycles. The lowest BCUT2D eigenvalue weighted by atomic mass is 10.1. The van der Waals surface area contributed by atoms with E-state index in [0.717, 1.165) is 11.3 Å². The summed E-state index contributed by atoms with van der Waals surface area (Å²) in [6.45, 7) is 4.45. The standard InChI is InChI=1S/C16H19N3O4/c1-10-3-4-12(7-11(10)2)22-6-5-15(20)18-9-13-8-14(16(17)21)19-23-13/h3-4,7-8H,5-6,9H2,1-2H3,(H2,17,21)(H,18,20). The molecule has 0 aliphatic rings. The van der Waals surface area contributed by atoms with Crippen LogP contribution in [0.25, 0.3) is 0 Å². The van der Waals surface area contributed by atoms with E-state index in [1.165, 1.54) is 11.6 Å². The molecule has 1 heterocycles. The third-order valence-electron chi connectivity index (χ3n) is 3.35. The van der Waals surface area contributed by atoms with Gasteiger partial charge in [0.05, 0.1) is 19.6 Å². The smallest absolute Gasteiger partial charge is 0.270 e. The third-order valence-corrected chi connectivity index (χ3v) is 3.35. The Hall–Kier alpha value is -2.83. The Balaban J connectivity index is 1.72. The zero-order valence-corrected chi connectivity index (χ0v) is 13.1. The van der Waals surface area contributed by atoms with Gasteiger partial charge in [-0.3, -0.25) is 9.59 Å². The topological polar surface area (TPSA) is 107 Å². The predicted molar refractivity (Wildman–Crippen MR) is 82.9 cm³/mol. The SMILES string of the molecule is Cc1ccc(OCCC(=O)NCc2cc(C(N)=O)no2)cc1C. The summed E-state index contributed by atoms with van der Waals surface area (Å²) in [6.07, 6.45) is 0.212. The molecule has 2 rings (SSSR count). The average molecular weight is 317 g/mol. The number of nitrogens with zero attached hydrogens (tertiary/aromatic N) is 1. The molecule has 2 aromatic rings. The molecular formula is C16H19N3O4. The number of nitrogens with two attached hydrogens (primary N) is 1. The first kappa shape index (κ1) is 16.5. The van der Waals surface area contributed by atoms with Crippen LogP contribution in [0.2, 0.25) is 0 Å². The van der Waals surface area contributed by atoms with Crippen LogP contribution < -0.4 is 15.8 Å². The molecule has 0 atom stereocenters. The van der Waals surface area contributed by atoms with E-state index in [0.29, 0.717) is 5.76 Å². The lowest BCUT2D eigenvalue weighted by Crippen LogP contribution is -2.24. The van der Waals surface area contributed by atoms with Gasteiger partial charge < -0.3 is 20.3 Å². The van der Waals surface area contributed by atoms with Gasteiger partial charge in [-0.1, -0.05) is 11.2 Å². The molecule has 3 N–H and O–H groups in total. The number of nitrogens with one attached hydrogen (secondary N) is 1. The molecular weight excluding hydrogens is 298 g/mol. The highest BCUT2D eigenvalue weighted by molar-refractivity contribution is 5.90. The van der Waals surface area contributed by atoms with Crippen molar-refractivity contribution in [2.45, 2.75) is 26.8 Å². The molecule has 0 aliphatic carbocycles. The van der Waals surface area contributed by atoms with Crippen LogP contribution in [0.4, 0.5) is 0 Å². The number of amides is 2. The van der Waals surface area contributed by atoms with Gasteiger partial charge >= 0.3 is 0 Å². The molecule has 0 fully saturated rings. The molecule has 0 aliphatic heterocycles. The minimum atomic E-state index is -0.673. The Bertz CT molecular complexity index is 709. The van der Waals surface area contributed by atoms with E-state index in [9.17, 15) is 9.59 Å². The quantitative estimate of drug-likeness (QED) is 0.804. The minimum absolute atomic E-state index is 0.0346. The minimum Gasteiger partial charge on any atom is -0.493 e. The van der Waals surface area contributed by atoms with E-state index < -0.39 is 5.91 Å². The summed E-state index contributed by atoms with van der Waals surface area (Å²) in [5.74, 6) is 0.239. The van der Waals surface area contributed by atoms with Gasteiger partial charge in [-0.15, -0.1) is 0 Å². The molecule has 7 nitrogen and oxygen atoms in total. The number of rotatable bonds is 7. The molecule has 0 radical (unpaired) electrons. The Morgan fingerprint density at radius 3 is 2.70 bits per heavy atom. The number of carbonyl (C=O) groups excluding carboxylic acids is 2. The van der Waals surface area contributed by atoms with E-state index in [4.69, 9.17) is 15.0 Å². The molecule has 2 amide bonds. The van der Waals surface area contributed by atoms with Crippen molar-refractivity contribution < 1.29 is 18.8 Å². The summed E-state index contributed by atoms with van der Waals surface area (Å²) >= 11 is 0. The first-order chi connectivity index (χ1) is 11.0. The van der Waals surface area contributed by atoms with Crippen molar-refractivity contribution in [3.63, 3.8) is 0 Å². The van der Waals surface area contributed by atoms with Crippen LogP contribution in [0, 0.1) is 13.8 Å². The van der Waals surface area contributed by atoms with Crippen LogP contribution in [0.15, 0.2) is 28.8 Å². The highest BCUT2D eigenvalue weighted by atomic mass is 16.5. The second kappa shape index (κ2) is 7.44. The first-order valence-electron chi connectivity index (χ1n) is 7.18. The number of aryl methyl sites for hydroxylation is 2. The maximum atomic E-state index is 11.7. The third kappa shape index (κ3) is 4.84. The average Bonchev–Trinajstić information content (AvgIpc) is 2.98. The molecule has 122 valence electrons. The van der Waals surface area contributed by atoms with E-state index in [1.807, 2.05) is 32.0 Å². The van der Waals surface area contributed by atoms with Gasteiger partial charge in [-0.2, -0.15) is 0 Å². The van der Waals surface area contributed by atoms with Crippen LogP contribution in [0.1, 0.15) is 33.8 Å². The second-order valence-corrected chi connectivity index (χ2v) is 5.16. The van der Waals surface area contributed by atoms with Crippen LogP contribution in [0.5, 0.6) is 5.75 Å². The van der Waals surface area contributed by atoms with Crippen LogP contribution in [0.3, 0.4) is 0 Å². The highest BCUT2D eigenvalue weighted by Gasteiger charge is 2.10. The summed E-state index contributed by atoms with van der Waals surface area (Å²) in [5, 5.41) is 6.14. The van der Waals surface area contributed by atoms with Gasteiger partial charge in [0.2, 0.25) is 5.91 Å². The zero-order valence-electron chi connectivity index (χ0n) is 13.1. The van der Waals surface area contributed by atoms with Gasteiger partial charge in [0, 0.05) is 6.07 Å². The molecule has 0 unspecified atom stereocenters. The molecule has 23 heavy (non-hydrogen) atoms. The Morgan fingerprint density at radius 1 is 1.26 bits per heavy atom. The van der Waals surface area contributed by atoms with Gasteiger partial charge in [-0.25, -0.2) is 0 Å². The number of aromatic nitrogens is 1. The van der Waals surface area contributed by atoms with Crippen LogP contribution >= 0.6 is 0 Å². The maximum absolute atomic E-state index is 11.7. The Kier molecular flexibility index (Phi) is 5.35.